The van der Waals surface area contributed by atoms with E-state index in [0.717, 1.165) is 5.57 Å². The second-order valence-electron chi connectivity index (χ2n) is 12.6. The summed E-state index contributed by atoms with van der Waals surface area (Å²) in [5.74, 6) is -1.51. The molecule has 12 N–H and O–H groups in total. The highest BCUT2D eigenvalue weighted by Gasteiger charge is 2.55. The molecular formula is C35H45N5O11. The van der Waals surface area contributed by atoms with E-state index in [4.69, 9.17) is 25.7 Å². The predicted octanol–water partition coefficient (Wildman–Crippen LogP) is -0.816. The van der Waals surface area contributed by atoms with Crippen LogP contribution < -0.4 is 31.6 Å². The lowest BCUT2D eigenvalue weighted by Gasteiger charge is -2.48. The molecule has 5 rings (SSSR count). The summed E-state index contributed by atoms with van der Waals surface area (Å²) < 4.78 is 17.2. The van der Waals surface area contributed by atoms with Crippen LogP contribution in [0.25, 0.3) is 0 Å². The average Bonchev–Trinajstić information content (AvgIpc) is 3.12. The average molecular weight is 712 g/mol. The van der Waals surface area contributed by atoms with Crippen LogP contribution in [0.1, 0.15) is 68.7 Å². The van der Waals surface area contributed by atoms with Crippen LogP contribution in [0.5, 0.6) is 17.2 Å². The summed E-state index contributed by atoms with van der Waals surface area (Å²) in [6.45, 7) is -0.373. The number of carbonyl (C=O) groups is 2. The van der Waals surface area contributed by atoms with Gasteiger partial charge in [0.05, 0.1) is 30.7 Å². The number of aliphatic hydroxyl groups excluding tert-OH is 4. The Kier molecular flexibility index (Phi) is 11.5. The van der Waals surface area contributed by atoms with Crippen molar-refractivity contribution in [3.8, 4) is 17.2 Å². The molecule has 0 saturated carbocycles. The largest absolute Gasteiger partial charge is 0.507 e. The molecule has 16 heteroatoms. The zero-order valence-corrected chi connectivity index (χ0v) is 28.4. The van der Waals surface area contributed by atoms with Crippen molar-refractivity contribution in [1.82, 2.24) is 10.6 Å². The van der Waals surface area contributed by atoms with Crippen molar-refractivity contribution in [3.05, 3.63) is 75.1 Å². The standard InChI is InChI=1S/C35H45N5O11/c1-38-34(37)40-15-22-18(5-3-4-10-41)12-20-27(29(22)44)30(45)26-21(28(20)43)13-19(49-2)14-23(26)50-33-31(46)32(47)35(48,24(16-42)51-33)8-6-17-7-9-39-25(36)11-17/h7,11-14,24,31-33,39,41-42,44,46-48H,3-6,8-10,15-16,36H2,1-2H3,(H3,37,38,40)/t24-,31-,32-,33-,35-/m1/s1. The molecular weight excluding hydrogens is 666 g/mol. The number of nitrogens with one attached hydrogen (secondary N) is 2. The number of carbonyl (C=O) groups excluding carboxylic acids is 2. The highest BCUT2D eigenvalue weighted by atomic mass is 16.7. The van der Waals surface area contributed by atoms with Crippen LogP contribution in [0.15, 0.2) is 46.7 Å². The molecule has 2 aliphatic heterocycles. The molecule has 276 valence electrons. The number of fused-ring (bicyclic) bond motifs is 2. The number of methoxy groups -OCH3 is 1. The smallest absolute Gasteiger partial charge is 0.229 e. The Labute approximate surface area is 294 Å². The Morgan fingerprint density at radius 2 is 1.86 bits per heavy atom. The van der Waals surface area contributed by atoms with E-state index in [1.807, 2.05) is 6.08 Å². The summed E-state index contributed by atoms with van der Waals surface area (Å²) in [6.07, 6.45) is -1.93. The molecule has 51 heavy (non-hydrogen) atoms. The van der Waals surface area contributed by atoms with E-state index in [0.29, 0.717) is 42.8 Å². The van der Waals surface area contributed by atoms with E-state index in [1.165, 1.54) is 32.4 Å². The second-order valence-corrected chi connectivity index (χ2v) is 12.6. The third-order valence-corrected chi connectivity index (χ3v) is 9.50. The number of phenolic OH excluding ortho intramolecular Hbond substituents is 1. The van der Waals surface area contributed by atoms with Gasteiger partial charge >= 0.3 is 0 Å². The number of benzene rings is 2. The van der Waals surface area contributed by atoms with E-state index in [2.05, 4.69) is 15.6 Å². The van der Waals surface area contributed by atoms with E-state index in [1.54, 1.807) is 6.08 Å². The number of guanidine groups is 1. The Bertz CT molecular complexity index is 1760. The minimum Gasteiger partial charge on any atom is -0.507 e. The fourth-order valence-corrected chi connectivity index (χ4v) is 6.62. The number of aliphatic imine (C=N–C) groups is 1. The number of ether oxygens (including phenoxy) is 3. The van der Waals surface area contributed by atoms with Gasteiger partial charge in [-0.1, -0.05) is 6.08 Å². The van der Waals surface area contributed by atoms with Crippen LogP contribution >= 0.6 is 0 Å². The lowest BCUT2D eigenvalue weighted by molar-refractivity contribution is -0.314. The zero-order valence-electron chi connectivity index (χ0n) is 28.4. The van der Waals surface area contributed by atoms with Crippen molar-refractivity contribution in [3.63, 3.8) is 0 Å². The van der Waals surface area contributed by atoms with Gasteiger partial charge in [-0.15, -0.1) is 0 Å². The van der Waals surface area contributed by atoms with Crippen LogP contribution in [0.2, 0.25) is 0 Å². The highest BCUT2D eigenvalue weighted by molar-refractivity contribution is 6.30. The number of nitrogens with zero attached hydrogens (tertiary/aromatic N) is 1. The van der Waals surface area contributed by atoms with E-state index in [-0.39, 0.29) is 65.7 Å². The number of aliphatic hydroxyl groups is 5. The minimum absolute atomic E-state index is 0.0274. The number of hydrogen-bond donors (Lipinski definition) is 10. The van der Waals surface area contributed by atoms with Gasteiger partial charge in [0.15, 0.2) is 11.7 Å². The Hall–Kier alpha value is -4.71. The maximum Gasteiger partial charge on any atom is 0.229 e. The van der Waals surface area contributed by atoms with Crippen molar-refractivity contribution in [2.75, 3.05) is 33.9 Å². The predicted molar refractivity (Wildman–Crippen MR) is 183 cm³/mol. The molecule has 0 radical (unpaired) electrons. The van der Waals surface area contributed by atoms with Gasteiger partial charge in [-0.2, -0.15) is 0 Å². The van der Waals surface area contributed by atoms with Crippen LogP contribution in [0.4, 0.5) is 0 Å². The molecule has 3 aliphatic rings. The Morgan fingerprint density at radius 3 is 2.53 bits per heavy atom. The molecule has 2 aromatic rings. The van der Waals surface area contributed by atoms with Gasteiger partial charge in [0.2, 0.25) is 12.1 Å². The SMILES string of the molecule is CN=C(N)NCc1c(CCCCO)cc2c(c1O)C(=O)c1c(O[C@@H]3O[C@H](CO)[C@](O)(CCC4=CCNC(N)=C4)[C@H](O)[C@H]3O)cc(OC)cc1C2=O. The molecule has 2 heterocycles. The number of ketones is 2. The molecule has 5 atom stereocenters. The van der Waals surface area contributed by atoms with Gasteiger partial charge < -0.3 is 67.0 Å². The summed E-state index contributed by atoms with van der Waals surface area (Å²) in [5.41, 5.74) is 10.5. The van der Waals surface area contributed by atoms with E-state index >= 15 is 0 Å². The van der Waals surface area contributed by atoms with Crippen molar-refractivity contribution in [2.45, 2.75) is 68.9 Å². The van der Waals surface area contributed by atoms with Gasteiger partial charge in [-0.25, -0.2) is 0 Å². The molecule has 0 bridgehead atoms. The van der Waals surface area contributed by atoms with Crippen LogP contribution in [0, 0.1) is 0 Å². The van der Waals surface area contributed by atoms with Gasteiger partial charge in [0.25, 0.3) is 0 Å². The first-order valence-electron chi connectivity index (χ1n) is 16.6. The van der Waals surface area contributed by atoms with E-state index < -0.39 is 54.1 Å². The van der Waals surface area contributed by atoms with E-state index in [9.17, 15) is 40.2 Å². The lowest BCUT2D eigenvalue weighted by atomic mass is 9.79. The van der Waals surface area contributed by atoms with Crippen LogP contribution in [-0.2, 0) is 17.7 Å². The van der Waals surface area contributed by atoms with Crippen molar-refractivity contribution in [1.29, 1.82) is 0 Å². The highest BCUT2D eigenvalue weighted by Crippen LogP contribution is 2.43. The Morgan fingerprint density at radius 1 is 1.12 bits per heavy atom. The number of rotatable bonds is 13. The van der Waals surface area contributed by atoms with Gasteiger partial charge in [0.1, 0.15) is 41.2 Å². The van der Waals surface area contributed by atoms with Crippen molar-refractivity contribution >= 4 is 17.5 Å². The maximum atomic E-state index is 14.3. The fourth-order valence-electron chi connectivity index (χ4n) is 6.62. The number of unbranched alkanes of at least 4 members (excludes halogenated alkanes) is 1. The first-order valence-corrected chi connectivity index (χ1v) is 16.6. The summed E-state index contributed by atoms with van der Waals surface area (Å²) in [7, 11) is 2.81. The molecule has 2 aromatic carbocycles. The number of allylic oxidation sites excluding steroid dienone is 2. The molecule has 16 nitrogen and oxygen atoms in total. The molecule has 1 saturated heterocycles. The summed E-state index contributed by atoms with van der Waals surface area (Å²) in [5, 5.41) is 70.8. The quantitative estimate of drug-likeness (QED) is 0.0590. The summed E-state index contributed by atoms with van der Waals surface area (Å²) in [6, 6.07) is 4.17. The zero-order chi connectivity index (χ0) is 37.0. The first-order chi connectivity index (χ1) is 24.4. The Balaban J connectivity index is 1.50. The fraction of sp³-hybridized carbons (Fsp3) is 0.457. The van der Waals surface area contributed by atoms with Crippen molar-refractivity contribution in [2.24, 2.45) is 16.5 Å². The summed E-state index contributed by atoms with van der Waals surface area (Å²) in [4.78, 5) is 32.2. The third kappa shape index (κ3) is 7.37. The van der Waals surface area contributed by atoms with Crippen LogP contribution in [0.3, 0.4) is 0 Å². The normalized spacial score (nSPS) is 24.6. The van der Waals surface area contributed by atoms with Gasteiger partial charge in [-0.3, -0.25) is 14.6 Å². The van der Waals surface area contributed by atoms with Gasteiger partial charge in [0, 0.05) is 49.5 Å². The molecule has 0 spiro atoms. The molecule has 0 amide bonds. The van der Waals surface area contributed by atoms with Gasteiger partial charge in [-0.05, 0) is 61.4 Å². The number of aryl methyl sites for hydroxylation is 1. The van der Waals surface area contributed by atoms with Crippen LogP contribution in [-0.4, -0.2) is 112 Å². The number of nitrogens with two attached hydrogens (primary N) is 2. The van der Waals surface area contributed by atoms with Crippen molar-refractivity contribution < 1.29 is 54.4 Å². The molecule has 0 unspecified atom stereocenters. The number of dihydropyridines is 1. The maximum absolute atomic E-state index is 14.3. The number of aromatic hydroxyl groups is 1. The first kappa shape index (κ1) is 37.5. The number of phenols is 1. The number of hydrogen-bond acceptors (Lipinski definition) is 14. The molecule has 1 aliphatic carbocycles. The monoisotopic (exact) mass is 711 g/mol. The molecule has 0 aromatic heterocycles. The summed E-state index contributed by atoms with van der Waals surface area (Å²) >= 11 is 0. The molecule has 1 fully saturated rings. The third-order valence-electron chi connectivity index (χ3n) is 9.50. The lowest BCUT2D eigenvalue weighted by Crippen LogP contribution is -2.67. The topological polar surface area (TPSA) is 272 Å². The second kappa shape index (κ2) is 15.7. The minimum atomic E-state index is -2.11.